The molecule has 1 unspecified atom stereocenters. The number of piperidine rings is 1. The molecule has 0 radical (unpaired) electrons. The molecular weight excluding hydrogens is 275 g/mol. The van der Waals surface area contributed by atoms with Gasteiger partial charge in [0.2, 0.25) is 5.91 Å². The molecule has 1 aromatic carbocycles. The standard InChI is InChI=1S/C15H13FN2O3/c1-7-5-9-10(6-11(7)16)15(21)18(14(9)20)12-4-3-8(2)17-13(12)19/h5-6,12H,2-4H2,1H3,(H,17,19). The third kappa shape index (κ3) is 1.94. The molecule has 2 heterocycles. The summed E-state index contributed by atoms with van der Waals surface area (Å²) in [6.45, 7) is 5.18. The van der Waals surface area contributed by atoms with Crippen molar-refractivity contribution in [2.24, 2.45) is 0 Å². The van der Waals surface area contributed by atoms with Crippen molar-refractivity contribution in [3.8, 4) is 0 Å². The Kier molecular flexibility index (Phi) is 2.90. The SMILES string of the molecule is C=C1CCC(N2C(=O)c3cc(C)c(F)cc3C2=O)C(=O)N1. The van der Waals surface area contributed by atoms with Crippen molar-refractivity contribution in [2.45, 2.75) is 25.8 Å². The Morgan fingerprint density at radius 1 is 1.24 bits per heavy atom. The van der Waals surface area contributed by atoms with Crippen molar-refractivity contribution in [2.75, 3.05) is 0 Å². The lowest BCUT2D eigenvalue weighted by atomic mass is 10.0. The summed E-state index contributed by atoms with van der Waals surface area (Å²) in [5, 5.41) is 2.54. The van der Waals surface area contributed by atoms with Gasteiger partial charge in [0, 0.05) is 5.70 Å². The zero-order valence-electron chi connectivity index (χ0n) is 11.4. The third-order valence-electron chi connectivity index (χ3n) is 3.83. The normalized spacial score (nSPS) is 21.6. The van der Waals surface area contributed by atoms with Crippen LogP contribution in [0.5, 0.6) is 0 Å². The molecule has 1 saturated heterocycles. The first kappa shape index (κ1) is 13.5. The second-order valence-corrected chi connectivity index (χ2v) is 5.27. The molecule has 0 spiro atoms. The van der Waals surface area contributed by atoms with Gasteiger partial charge in [0.1, 0.15) is 11.9 Å². The van der Waals surface area contributed by atoms with E-state index in [4.69, 9.17) is 0 Å². The maximum atomic E-state index is 13.6. The number of imide groups is 1. The van der Waals surface area contributed by atoms with Crippen molar-refractivity contribution in [1.82, 2.24) is 10.2 Å². The molecule has 5 nitrogen and oxygen atoms in total. The van der Waals surface area contributed by atoms with Gasteiger partial charge >= 0.3 is 0 Å². The van der Waals surface area contributed by atoms with Crippen LogP contribution < -0.4 is 5.32 Å². The van der Waals surface area contributed by atoms with Crippen LogP contribution in [0.25, 0.3) is 0 Å². The van der Waals surface area contributed by atoms with Gasteiger partial charge in [0.25, 0.3) is 11.8 Å². The van der Waals surface area contributed by atoms with E-state index in [0.29, 0.717) is 24.1 Å². The van der Waals surface area contributed by atoms with Crippen molar-refractivity contribution in [3.05, 3.63) is 46.9 Å². The number of nitrogens with one attached hydrogen (secondary N) is 1. The molecule has 2 aliphatic rings. The van der Waals surface area contributed by atoms with E-state index in [1.54, 1.807) is 0 Å². The first-order chi connectivity index (χ1) is 9.90. The van der Waals surface area contributed by atoms with Crippen LogP contribution in [0.4, 0.5) is 4.39 Å². The summed E-state index contributed by atoms with van der Waals surface area (Å²) >= 11 is 0. The smallest absolute Gasteiger partial charge is 0.262 e. The zero-order chi connectivity index (χ0) is 15.3. The lowest BCUT2D eigenvalue weighted by Gasteiger charge is -2.29. The Morgan fingerprint density at radius 2 is 1.86 bits per heavy atom. The van der Waals surface area contributed by atoms with E-state index in [-0.39, 0.29) is 11.1 Å². The average molecular weight is 288 g/mol. The molecule has 1 N–H and O–H groups in total. The number of amides is 3. The number of allylic oxidation sites excluding steroid dienone is 1. The first-order valence-corrected chi connectivity index (χ1v) is 6.57. The van der Waals surface area contributed by atoms with Gasteiger partial charge in [-0.3, -0.25) is 19.3 Å². The summed E-state index contributed by atoms with van der Waals surface area (Å²) in [6.07, 6.45) is 0.828. The zero-order valence-corrected chi connectivity index (χ0v) is 11.4. The van der Waals surface area contributed by atoms with Crippen LogP contribution in [0.2, 0.25) is 0 Å². The van der Waals surface area contributed by atoms with E-state index < -0.39 is 29.6 Å². The van der Waals surface area contributed by atoms with Crippen LogP contribution in [-0.2, 0) is 4.79 Å². The summed E-state index contributed by atoms with van der Waals surface area (Å²) in [5.74, 6) is -2.15. The van der Waals surface area contributed by atoms with Crippen LogP contribution in [0, 0.1) is 12.7 Å². The number of aryl methyl sites for hydroxylation is 1. The number of fused-ring (bicyclic) bond motifs is 1. The van der Waals surface area contributed by atoms with Crippen LogP contribution in [0.3, 0.4) is 0 Å². The molecule has 3 rings (SSSR count). The molecule has 1 aromatic rings. The van der Waals surface area contributed by atoms with Crippen molar-refractivity contribution < 1.29 is 18.8 Å². The first-order valence-electron chi connectivity index (χ1n) is 6.57. The highest BCUT2D eigenvalue weighted by molar-refractivity contribution is 6.23. The summed E-state index contributed by atoms with van der Waals surface area (Å²) in [6, 6.07) is 1.54. The number of carbonyl (C=O) groups excluding carboxylic acids is 3. The molecule has 1 atom stereocenters. The highest BCUT2D eigenvalue weighted by Gasteiger charge is 2.44. The van der Waals surface area contributed by atoms with Gasteiger partial charge in [-0.15, -0.1) is 0 Å². The second kappa shape index (κ2) is 4.51. The maximum Gasteiger partial charge on any atom is 0.262 e. The highest BCUT2D eigenvalue weighted by atomic mass is 19.1. The number of hydrogen-bond acceptors (Lipinski definition) is 3. The summed E-state index contributed by atoms with van der Waals surface area (Å²) < 4.78 is 13.6. The number of nitrogens with zero attached hydrogens (tertiary/aromatic N) is 1. The molecule has 6 heteroatoms. The number of rotatable bonds is 1. The number of halogens is 1. The van der Waals surface area contributed by atoms with Gasteiger partial charge in [0.05, 0.1) is 11.1 Å². The Bertz CT molecular complexity index is 670. The lowest BCUT2D eigenvalue weighted by molar-refractivity contribution is -0.125. The molecule has 0 aliphatic carbocycles. The largest absolute Gasteiger partial charge is 0.329 e. The predicted molar refractivity (Wildman–Crippen MR) is 71.9 cm³/mol. The minimum absolute atomic E-state index is 0.0142. The number of hydrogen-bond donors (Lipinski definition) is 1. The van der Waals surface area contributed by atoms with Gasteiger partial charge in [-0.2, -0.15) is 0 Å². The molecule has 21 heavy (non-hydrogen) atoms. The van der Waals surface area contributed by atoms with Crippen LogP contribution >= 0.6 is 0 Å². The Morgan fingerprint density at radius 3 is 2.48 bits per heavy atom. The summed E-state index contributed by atoms with van der Waals surface area (Å²) in [4.78, 5) is 37.6. The van der Waals surface area contributed by atoms with Crippen LogP contribution in [-0.4, -0.2) is 28.7 Å². The third-order valence-corrected chi connectivity index (χ3v) is 3.83. The van der Waals surface area contributed by atoms with Gasteiger partial charge in [-0.05, 0) is 37.5 Å². The Hall–Kier alpha value is -2.50. The molecule has 108 valence electrons. The molecule has 0 bridgehead atoms. The molecular formula is C15H13FN2O3. The molecule has 2 aliphatic heterocycles. The molecule has 0 aromatic heterocycles. The van der Waals surface area contributed by atoms with Gasteiger partial charge in [-0.25, -0.2) is 4.39 Å². The van der Waals surface area contributed by atoms with Gasteiger partial charge < -0.3 is 5.32 Å². The fourth-order valence-corrected chi connectivity index (χ4v) is 2.68. The summed E-state index contributed by atoms with van der Waals surface area (Å²) in [7, 11) is 0. The van der Waals surface area contributed by atoms with E-state index in [0.717, 1.165) is 11.0 Å². The maximum absolute atomic E-state index is 13.6. The molecule has 1 fully saturated rings. The van der Waals surface area contributed by atoms with E-state index in [1.807, 2.05) is 0 Å². The fourth-order valence-electron chi connectivity index (χ4n) is 2.68. The minimum Gasteiger partial charge on any atom is -0.329 e. The van der Waals surface area contributed by atoms with Crippen molar-refractivity contribution in [1.29, 1.82) is 0 Å². The number of benzene rings is 1. The Labute approximate surface area is 120 Å². The fraction of sp³-hybridized carbons (Fsp3) is 0.267. The van der Waals surface area contributed by atoms with Crippen LogP contribution in [0.1, 0.15) is 39.1 Å². The van der Waals surface area contributed by atoms with Gasteiger partial charge in [0.15, 0.2) is 0 Å². The quantitative estimate of drug-likeness (QED) is 0.797. The topological polar surface area (TPSA) is 66.5 Å². The van der Waals surface area contributed by atoms with E-state index in [2.05, 4.69) is 11.9 Å². The summed E-state index contributed by atoms with van der Waals surface area (Å²) in [5.41, 5.74) is 1.02. The second-order valence-electron chi connectivity index (χ2n) is 5.27. The van der Waals surface area contributed by atoms with Crippen molar-refractivity contribution in [3.63, 3.8) is 0 Å². The monoisotopic (exact) mass is 288 g/mol. The number of carbonyl (C=O) groups is 3. The molecule has 0 saturated carbocycles. The van der Waals surface area contributed by atoms with Crippen LogP contribution in [0.15, 0.2) is 24.4 Å². The van der Waals surface area contributed by atoms with E-state index in [9.17, 15) is 18.8 Å². The lowest BCUT2D eigenvalue weighted by Crippen LogP contribution is -2.51. The van der Waals surface area contributed by atoms with Crippen molar-refractivity contribution >= 4 is 17.7 Å². The molecule has 3 amide bonds. The minimum atomic E-state index is -0.869. The van der Waals surface area contributed by atoms with Gasteiger partial charge in [-0.1, -0.05) is 6.58 Å². The van der Waals surface area contributed by atoms with E-state index in [1.165, 1.54) is 13.0 Å². The average Bonchev–Trinajstić information content (AvgIpc) is 2.64. The highest BCUT2D eigenvalue weighted by Crippen LogP contribution is 2.29. The Balaban J connectivity index is 2.00. The van der Waals surface area contributed by atoms with E-state index >= 15 is 0 Å². The predicted octanol–water partition coefficient (Wildman–Crippen LogP) is 1.52.